The number of hydrogen-bond acceptors (Lipinski definition) is 3. The van der Waals surface area contributed by atoms with Crippen molar-refractivity contribution in [3.05, 3.63) is 59.2 Å². The Kier molecular flexibility index (Phi) is 7.06. The Morgan fingerprint density at radius 1 is 0.810 bits per heavy atom. The summed E-state index contributed by atoms with van der Waals surface area (Å²) in [6.45, 7) is 3.72. The second-order valence-electron chi connectivity index (χ2n) is 4.81. The molecule has 21 heavy (non-hydrogen) atoms. The third-order valence-electron chi connectivity index (χ3n) is 3.19. The van der Waals surface area contributed by atoms with Gasteiger partial charge in [-0.2, -0.15) is 0 Å². The van der Waals surface area contributed by atoms with Crippen LogP contribution in [-0.4, -0.2) is 14.2 Å². The quantitative estimate of drug-likeness (QED) is 0.882. The summed E-state index contributed by atoms with van der Waals surface area (Å²) in [4.78, 5) is 0. The summed E-state index contributed by atoms with van der Waals surface area (Å²) < 4.78 is 10.5. The first-order chi connectivity index (χ1) is 9.71. The maximum atomic E-state index is 5.27. The van der Waals surface area contributed by atoms with E-state index in [2.05, 4.69) is 36.5 Å². The van der Waals surface area contributed by atoms with E-state index in [0.29, 0.717) is 0 Å². The van der Waals surface area contributed by atoms with E-state index >= 15 is 0 Å². The highest BCUT2D eigenvalue weighted by Gasteiger charge is 2.02. The van der Waals surface area contributed by atoms with Gasteiger partial charge in [-0.15, -0.1) is 12.4 Å². The first-order valence-electron chi connectivity index (χ1n) is 6.69. The van der Waals surface area contributed by atoms with Crippen LogP contribution in [0, 0.1) is 6.92 Å². The lowest BCUT2D eigenvalue weighted by Crippen LogP contribution is -2.12. The molecular formula is C17H22ClNO2. The number of methoxy groups -OCH3 is 2. The van der Waals surface area contributed by atoms with Crippen LogP contribution in [0.3, 0.4) is 0 Å². The van der Waals surface area contributed by atoms with Crippen molar-refractivity contribution in [1.29, 1.82) is 0 Å². The van der Waals surface area contributed by atoms with Gasteiger partial charge in [-0.25, -0.2) is 0 Å². The van der Waals surface area contributed by atoms with Crippen molar-refractivity contribution >= 4 is 12.4 Å². The van der Waals surface area contributed by atoms with Crippen LogP contribution in [0.1, 0.15) is 16.7 Å². The molecule has 0 amide bonds. The summed E-state index contributed by atoms with van der Waals surface area (Å²) in [5.41, 5.74) is 3.71. The van der Waals surface area contributed by atoms with Crippen LogP contribution in [-0.2, 0) is 13.1 Å². The van der Waals surface area contributed by atoms with Gasteiger partial charge >= 0.3 is 0 Å². The molecule has 0 aromatic heterocycles. The zero-order chi connectivity index (χ0) is 14.4. The van der Waals surface area contributed by atoms with E-state index in [0.717, 1.165) is 30.2 Å². The summed E-state index contributed by atoms with van der Waals surface area (Å²) in [6, 6.07) is 14.5. The highest BCUT2D eigenvalue weighted by Crippen LogP contribution is 2.22. The summed E-state index contributed by atoms with van der Waals surface area (Å²) in [5, 5.41) is 3.43. The molecule has 0 atom stereocenters. The Balaban J connectivity index is 0.00000220. The van der Waals surface area contributed by atoms with Crippen molar-refractivity contribution < 1.29 is 9.47 Å². The molecule has 0 aliphatic heterocycles. The van der Waals surface area contributed by atoms with E-state index in [1.54, 1.807) is 14.2 Å². The SMILES string of the molecule is COc1cc(CNCc2ccc(C)cc2)cc(OC)c1.Cl. The highest BCUT2D eigenvalue weighted by molar-refractivity contribution is 5.85. The average molecular weight is 308 g/mol. The fourth-order valence-corrected chi connectivity index (χ4v) is 2.03. The van der Waals surface area contributed by atoms with Crippen molar-refractivity contribution in [3.8, 4) is 11.5 Å². The maximum absolute atomic E-state index is 5.27. The van der Waals surface area contributed by atoms with Crippen molar-refractivity contribution in [3.63, 3.8) is 0 Å². The average Bonchev–Trinajstić information content (AvgIpc) is 2.49. The second kappa shape index (κ2) is 8.55. The highest BCUT2D eigenvalue weighted by atomic mass is 35.5. The summed E-state index contributed by atoms with van der Waals surface area (Å²) in [7, 11) is 3.33. The Morgan fingerprint density at radius 3 is 1.86 bits per heavy atom. The number of rotatable bonds is 6. The zero-order valence-corrected chi connectivity index (χ0v) is 13.5. The Labute approximate surface area is 132 Å². The zero-order valence-electron chi connectivity index (χ0n) is 12.7. The number of nitrogens with one attached hydrogen (secondary N) is 1. The fraction of sp³-hybridized carbons (Fsp3) is 0.294. The van der Waals surface area contributed by atoms with Gasteiger partial charge in [0.1, 0.15) is 11.5 Å². The van der Waals surface area contributed by atoms with Crippen LogP contribution < -0.4 is 14.8 Å². The van der Waals surface area contributed by atoms with E-state index in [1.807, 2.05) is 18.2 Å². The largest absolute Gasteiger partial charge is 0.497 e. The van der Waals surface area contributed by atoms with E-state index in [-0.39, 0.29) is 12.4 Å². The van der Waals surface area contributed by atoms with Gasteiger partial charge in [0.05, 0.1) is 14.2 Å². The van der Waals surface area contributed by atoms with Crippen molar-refractivity contribution in [2.24, 2.45) is 0 Å². The molecule has 0 fully saturated rings. The van der Waals surface area contributed by atoms with Crippen LogP contribution in [0.2, 0.25) is 0 Å². The van der Waals surface area contributed by atoms with Gasteiger partial charge in [0, 0.05) is 19.2 Å². The van der Waals surface area contributed by atoms with E-state index in [9.17, 15) is 0 Å². The third-order valence-corrected chi connectivity index (χ3v) is 3.19. The molecule has 0 aliphatic carbocycles. The predicted molar refractivity (Wildman–Crippen MR) is 88.5 cm³/mol. The lowest BCUT2D eigenvalue weighted by atomic mass is 10.1. The first-order valence-corrected chi connectivity index (χ1v) is 6.69. The molecule has 2 aromatic rings. The van der Waals surface area contributed by atoms with E-state index in [1.165, 1.54) is 11.1 Å². The lowest BCUT2D eigenvalue weighted by molar-refractivity contribution is 0.393. The third kappa shape index (κ3) is 5.29. The van der Waals surface area contributed by atoms with Crippen molar-refractivity contribution in [2.45, 2.75) is 20.0 Å². The Morgan fingerprint density at radius 2 is 1.33 bits per heavy atom. The minimum Gasteiger partial charge on any atom is -0.497 e. The molecule has 2 rings (SSSR count). The van der Waals surface area contributed by atoms with Gasteiger partial charge in [-0.3, -0.25) is 0 Å². The molecule has 2 aromatic carbocycles. The van der Waals surface area contributed by atoms with Gasteiger partial charge < -0.3 is 14.8 Å². The number of benzene rings is 2. The maximum Gasteiger partial charge on any atom is 0.122 e. The molecule has 0 spiro atoms. The second-order valence-corrected chi connectivity index (χ2v) is 4.81. The minimum absolute atomic E-state index is 0. The van der Waals surface area contributed by atoms with Crippen LogP contribution >= 0.6 is 12.4 Å². The molecule has 0 unspecified atom stereocenters. The monoisotopic (exact) mass is 307 g/mol. The fourth-order valence-electron chi connectivity index (χ4n) is 2.03. The van der Waals surface area contributed by atoms with Gasteiger partial charge in [0.2, 0.25) is 0 Å². The first kappa shape index (κ1) is 17.3. The number of aryl methyl sites for hydroxylation is 1. The van der Waals surface area contributed by atoms with Gasteiger partial charge in [-0.1, -0.05) is 29.8 Å². The lowest BCUT2D eigenvalue weighted by Gasteiger charge is -2.09. The number of ether oxygens (including phenoxy) is 2. The molecule has 0 saturated heterocycles. The van der Waals surface area contributed by atoms with Crippen molar-refractivity contribution in [1.82, 2.24) is 5.32 Å². The molecule has 1 N–H and O–H groups in total. The number of halogens is 1. The van der Waals surface area contributed by atoms with Crippen molar-refractivity contribution in [2.75, 3.05) is 14.2 Å². The standard InChI is InChI=1S/C17H21NO2.ClH/c1-13-4-6-14(7-5-13)11-18-12-15-8-16(19-2)10-17(9-15)20-3;/h4-10,18H,11-12H2,1-3H3;1H. The Hall–Kier alpha value is -1.71. The molecule has 4 heteroatoms. The molecule has 0 bridgehead atoms. The Bertz CT molecular complexity index is 533. The summed E-state index contributed by atoms with van der Waals surface area (Å²) >= 11 is 0. The van der Waals surface area contributed by atoms with Gasteiger partial charge in [0.15, 0.2) is 0 Å². The molecular weight excluding hydrogens is 286 g/mol. The van der Waals surface area contributed by atoms with Crippen LogP contribution in [0.5, 0.6) is 11.5 Å². The molecule has 3 nitrogen and oxygen atoms in total. The topological polar surface area (TPSA) is 30.5 Å². The molecule has 0 radical (unpaired) electrons. The number of hydrogen-bond donors (Lipinski definition) is 1. The molecule has 0 heterocycles. The smallest absolute Gasteiger partial charge is 0.122 e. The molecule has 0 aliphatic rings. The van der Waals surface area contributed by atoms with Gasteiger partial charge in [-0.05, 0) is 30.2 Å². The summed E-state index contributed by atoms with van der Waals surface area (Å²) in [6.07, 6.45) is 0. The van der Waals surface area contributed by atoms with Crippen LogP contribution in [0.15, 0.2) is 42.5 Å². The predicted octanol–water partition coefficient (Wildman–Crippen LogP) is 3.72. The molecule has 0 saturated carbocycles. The normalized spacial score (nSPS) is 9.86. The van der Waals surface area contributed by atoms with Gasteiger partial charge in [0.25, 0.3) is 0 Å². The van der Waals surface area contributed by atoms with Crippen LogP contribution in [0.4, 0.5) is 0 Å². The summed E-state index contributed by atoms with van der Waals surface area (Å²) in [5.74, 6) is 1.63. The van der Waals surface area contributed by atoms with E-state index in [4.69, 9.17) is 9.47 Å². The molecule has 114 valence electrons. The minimum atomic E-state index is 0. The van der Waals surface area contributed by atoms with E-state index < -0.39 is 0 Å². The van der Waals surface area contributed by atoms with Crippen LogP contribution in [0.25, 0.3) is 0 Å².